The van der Waals surface area contributed by atoms with Crippen LogP contribution in [0.3, 0.4) is 0 Å². The molecule has 0 aliphatic rings. The summed E-state index contributed by atoms with van der Waals surface area (Å²) < 4.78 is 32.0. The summed E-state index contributed by atoms with van der Waals surface area (Å²) in [5.41, 5.74) is 6.30. The van der Waals surface area contributed by atoms with Gasteiger partial charge in [0.1, 0.15) is 24.0 Å². The monoisotopic (exact) mass is 305 g/mol. The molecular formula is C16H13F2NO3. The number of hydrogen-bond acceptors (Lipinski definition) is 3. The zero-order valence-electron chi connectivity index (χ0n) is 11.4. The highest BCUT2D eigenvalue weighted by Crippen LogP contribution is 2.21. The van der Waals surface area contributed by atoms with Crippen LogP contribution in [0.5, 0.6) is 0 Å². The van der Waals surface area contributed by atoms with Gasteiger partial charge in [-0.25, -0.2) is 13.6 Å². The highest BCUT2D eigenvalue weighted by molar-refractivity contribution is 5.87. The number of carboxylic acid groups (broad SMARTS) is 1. The molecule has 3 N–H and O–H groups in total. The first kappa shape index (κ1) is 15.5. The van der Waals surface area contributed by atoms with Gasteiger partial charge >= 0.3 is 5.97 Å². The molecule has 0 fully saturated rings. The highest BCUT2D eigenvalue weighted by Gasteiger charge is 2.10. The van der Waals surface area contributed by atoms with Crippen LogP contribution in [0.15, 0.2) is 48.7 Å². The fourth-order valence-electron chi connectivity index (χ4n) is 1.81. The van der Waals surface area contributed by atoms with E-state index >= 15 is 0 Å². The summed E-state index contributed by atoms with van der Waals surface area (Å²) in [4.78, 5) is 10.7. The van der Waals surface area contributed by atoms with Crippen molar-refractivity contribution in [1.82, 2.24) is 0 Å². The fraction of sp³-hybridized carbons (Fsp3) is 0.0625. The molecule has 0 unspecified atom stereocenters. The molecule has 0 amide bonds. The average Bonchev–Trinajstić information content (AvgIpc) is 2.50. The van der Waals surface area contributed by atoms with Crippen molar-refractivity contribution in [1.29, 1.82) is 0 Å². The van der Waals surface area contributed by atoms with E-state index in [1.807, 2.05) is 0 Å². The first-order valence-electron chi connectivity index (χ1n) is 6.33. The molecule has 4 nitrogen and oxygen atoms in total. The Balaban J connectivity index is 2.10. The number of hydrogen-bond donors (Lipinski definition) is 2. The Morgan fingerprint density at radius 2 is 1.86 bits per heavy atom. The Morgan fingerprint density at radius 3 is 2.41 bits per heavy atom. The Labute approximate surface area is 125 Å². The third-order valence-electron chi connectivity index (χ3n) is 2.94. The maximum absolute atomic E-state index is 13.7. The van der Waals surface area contributed by atoms with E-state index < -0.39 is 17.6 Å². The van der Waals surface area contributed by atoms with E-state index in [0.717, 1.165) is 18.3 Å². The Kier molecular flexibility index (Phi) is 4.73. The average molecular weight is 305 g/mol. The van der Waals surface area contributed by atoms with Crippen LogP contribution in [-0.2, 0) is 11.3 Å². The minimum absolute atomic E-state index is 0.0473. The molecule has 0 spiro atoms. The number of rotatable bonds is 5. The number of carboxylic acids is 1. The van der Waals surface area contributed by atoms with Crippen molar-refractivity contribution >= 4 is 11.7 Å². The smallest absolute Gasteiger partial charge is 0.335 e. The Morgan fingerprint density at radius 1 is 1.18 bits per heavy atom. The maximum atomic E-state index is 13.7. The number of benzene rings is 2. The lowest BCUT2D eigenvalue weighted by Gasteiger charge is -2.11. The quantitative estimate of drug-likeness (QED) is 0.832. The maximum Gasteiger partial charge on any atom is 0.335 e. The highest BCUT2D eigenvalue weighted by atomic mass is 19.1. The SMILES string of the molecule is N/C=C(\OCc1ccc(C(=O)O)cc1)c1ccc(F)cc1F. The molecule has 0 aliphatic heterocycles. The molecular weight excluding hydrogens is 292 g/mol. The third kappa shape index (κ3) is 3.60. The largest absolute Gasteiger partial charge is 0.487 e. The predicted octanol–water partition coefficient (Wildman–Crippen LogP) is 3.14. The summed E-state index contributed by atoms with van der Waals surface area (Å²) in [5, 5.41) is 8.80. The van der Waals surface area contributed by atoms with Crippen LogP contribution in [0, 0.1) is 11.6 Å². The van der Waals surface area contributed by atoms with Gasteiger partial charge < -0.3 is 15.6 Å². The van der Waals surface area contributed by atoms with Gasteiger partial charge in [-0.1, -0.05) is 12.1 Å². The van der Waals surface area contributed by atoms with E-state index in [1.165, 1.54) is 18.2 Å². The number of ether oxygens (including phenoxy) is 1. The molecule has 0 aromatic heterocycles. The lowest BCUT2D eigenvalue weighted by molar-refractivity contribution is 0.0697. The topological polar surface area (TPSA) is 72.5 Å². The molecule has 0 radical (unpaired) electrons. The zero-order chi connectivity index (χ0) is 16.1. The summed E-state index contributed by atoms with van der Waals surface area (Å²) in [7, 11) is 0. The molecule has 0 bridgehead atoms. The minimum Gasteiger partial charge on any atom is -0.487 e. The lowest BCUT2D eigenvalue weighted by atomic mass is 10.1. The van der Waals surface area contributed by atoms with Crippen LogP contribution in [-0.4, -0.2) is 11.1 Å². The van der Waals surface area contributed by atoms with Gasteiger partial charge in [0.2, 0.25) is 0 Å². The van der Waals surface area contributed by atoms with E-state index in [1.54, 1.807) is 12.1 Å². The van der Waals surface area contributed by atoms with Crippen LogP contribution in [0.1, 0.15) is 21.5 Å². The minimum atomic E-state index is -1.02. The van der Waals surface area contributed by atoms with Crippen molar-refractivity contribution in [3.8, 4) is 0 Å². The van der Waals surface area contributed by atoms with Gasteiger partial charge in [0.05, 0.1) is 11.1 Å². The van der Waals surface area contributed by atoms with Crippen LogP contribution in [0.4, 0.5) is 8.78 Å². The van der Waals surface area contributed by atoms with E-state index in [0.29, 0.717) is 5.56 Å². The van der Waals surface area contributed by atoms with E-state index in [9.17, 15) is 13.6 Å². The van der Waals surface area contributed by atoms with E-state index in [2.05, 4.69) is 0 Å². The van der Waals surface area contributed by atoms with Crippen molar-refractivity contribution < 1.29 is 23.4 Å². The van der Waals surface area contributed by atoms with Gasteiger partial charge in [0.25, 0.3) is 0 Å². The molecule has 0 saturated carbocycles. The van der Waals surface area contributed by atoms with Crippen molar-refractivity contribution in [2.24, 2.45) is 5.73 Å². The van der Waals surface area contributed by atoms with Crippen molar-refractivity contribution in [3.63, 3.8) is 0 Å². The lowest BCUT2D eigenvalue weighted by Crippen LogP contribution is -2.01. The van der Waals surface area contributed by atoms with Crippen LogP contribution in [0.25, 0.3) is 5.76 Å². The number of nitrogens with two attached hydrogens (primary N) is 1. The van der Waals surface area contributed by atoms with Crippen LogP contribution >= 0.6 is 0 Å². The molecule has 0 heterocycles. The van der Waals surface area contributed by atoms with Gasteiger partial charge in [-0.15, -0.1) is 0 Å². The molecule has 22 heavy (non-hydrogen) atoms. The van der Waals surface area contributed by atoms with E-state index in [4.69, 9.17) is 15.6 Å². The van der Waals surface area contributed by atoms with E-state index in [-0.39, 0.29) is 23.5 Å². The van der Waals surface area contributed by atoms with Crippen molar-refractivity contribution in [3.05, 3.63) is 77.0 Å². The first-order chi connectivity index (χ1) is 10.5. The predicted molar refractivity (Wildman–Crippen MR) is 76.7 cm³/mol. The molecule has 0 aliphatic carbocycles. The Bertz CT molecular complexity index is 712. The molecule has 0 saturated heterocycles. The summed E-state index contributed by atoms with van der Waals surface area (Å²) in [6.07, 6.45) is 1.09. The number of aromatic carboxylic acids is 1. The second-order valence-corrected chi connectivity index (χ2v) is 4.45. The molecule has 114 valence electrons. The second kappa shape index (κ2) is 6.71. The number of carbonyl (C=O) groups is 1. The molecule has 6 heteroatoms. The molecule has 0 atom stereocenters. The standard InChI is InChI=1S/C16H13F2NO3/c17-12-5-6-13(14(18)7-12)15(8-19)22-9-10-1-3-11(4-2-10)16(20)21/h1-8H,9,19H2,(H,20,21)/b15-8-. The second-order valence-electron chi connectivity index (χ2n) is 4.45. The fourth-order valence-corrected chi connectivity index (χ4v) is 1.81. The van der Waals surface area contributed by atoms with Crippen LogP contribution in [0.2, 0.25) is 0 Å². The normalized spacial score (nSPS) is 11.3. The molecule has 2 rings (SSSR count). The number of halogens is 2. The summed E-state index contributed by atoms with van der Waals surface area (Å²) in [6, 6.07) is 9.11. The summed E-state index contributed by atoms with van der Waals surface area (Å²) in [6.45, 7) is 0.0692. The Hall–Kier alpha value is -2.89. The zero-order valence-corrected chi connectivity index (χ0v) is 11.4. The molecule has 2 aromatic rings. The summed E-state index contributed by atoms with van der Waals surface area (Å²) >= 11 is 0. The summed E-state index contributed by atoms with van der Waals surface area (Å²) in [5.74, 6) is -2.43. The van der Waals surface area contributed by atoms with Crippen LogP contribution < -0.4 is 5.73 Å². The van der Waals surface area contributed by atoms with Gasteiger partial charge in [-0.3, -0.25) is 0 Å². The van der Waals surface area contributed by atoms with Gasteiger partial charge in [-0.2, -0.15) is 0 Å². The van der Waals surface area contributed by atoms with Gasteiger partial charge in [0.15, 0.2) is 0 Å². The van der Waals surface area contributed by atoms with Gasteiger partial charge in [0, 0.05) is 12.3 Å². The third-order valence-corrected chi connectivity index (χ3v) is 2.94. The first-order valence-corrected chi connectivity index (χ1v) is 6.33. The van der Waals surface area contributed by atoms with Crippen molar-refractivity contribution in [2.75, 3.05) is 0 Å². The molecule has 2 aromatic carbocycles. The van der Waals surface area contributed by atoms with Gasteiger partial charge in [-0.05, 0) is 29.8 Å². The van der Waals surface area contributed by atoms with Crippen molar-refractivity contribution in [2.45, 2.75) is 6.61 Å².